The molecule has 0 saturated carbocycles. The zero-order valence-corrected chi connectivity index (χ0v) is 49.8. The minimum Gasteiger partial charge on any atom is -0.744 e. The van der Waals surface area contributed by atoms with Gasteiger partial charge in [0.15, 0.2) is 0 Å². The van der Waals surface area contributed by atoms with Crippen LogP contribution in [0.25, 0.3) is 0 Å². The van der Waals surface area contributed by atoms with Crippen LogP contribution in [0.4, 0.5) is 0 Å². The van der Waals surface area contributed by atoms with Crippen LogP contribution in [0.2, 0.25) is 0 Å². The summed E-state index contributed by atoms with van der Waals surface area (Å²) in [6.07, 6.45) is 60.2. The second kappa shape index (κ2) is 48.1. The van der Waals surface area contributed by atoms with Gasteiger partial charge >= 0.3 is 48.9 Å². The van der Waals surface area contributed by atoms with Crippen molar-refractivity contribution in [3.63, 3.8) is 0 Å². The quantitative estimate of drug-likeness (QED) is 0.0371. The van der Waals surface area contributed by atoms with Crippen LogP contribution < -0.4 is 0 Å². The first-order valence-corrected chi connectivity index (χ1v) is 31.0. The molecule has 0 fully saturated rings. The second-order valence-electron chi connectivity index (χ2n) is 19.8. The van der Waals surface area contributed by atoms with Crippen molar-refractivity contribution in [3.05, 3.63) is 59.7 Å². The minimum atomic E-state index is -4.33. The average molecular weight is 1100 g/mol. The number of rotatable bonds is 46. The third-order valence-electron chi connectivity index (χ3n) is 13.6. The van der Waals surface area contributed by atoms with Crippen molar-refractivity contribution in [2.24, 2.45) is 0 Å². The molecule has 0 spiro atoms. The van der Waals surface area contributed by atoms with E-state index in [1.54, 1.807) is 24.3 Å². The Hall–Kier alpha value is -0.169. The zero-order chi connectivity index (χ0) is 48.1. The van der Waals surface area contributed by atoms with Crippen LogP contribution in [0, 0.1) is 0 Å². The van der Waals surface area contributed by atoms with E-state index in [4.69, 9.17) is 0 Å². The third kappa shape index (κ3) is 44.3. The molecule has 9 heteroatoms. The smallest absolute Gasteiger partial charge is 0.744 e. The van der Waals surface area contributed by atoms with Gasteiger partial charge in [0.2, 0.25) is 0 Å². The summed E-state index contributed by atoms with van der Waals surface area (Å²) in [5.74, 6) is 0. The maximum atomic E-state index is 10.9. The molecule has 2 aromatic carbocycles. The van der Waals surface area contributed by atoms with E-state index in [1.165, 1.54) is 281 Å². The van der Waals surface area contributed by atoms with E-state index in [0.717, 1.165) is 36.8 Å². The van der Waals surface area contributed by atoms with Crippen LogP contribution in [-0.4, -0.2) is 74.8 Å². The summed E-state index contributed by atoms with van der Waals surface area (Å²) in [7, 11) is -8.65. The number of aryl methyl sites for hydroxylation is 2. The van der Waals surface area contributed by atoms with Gasteiger partial charge in [-0.1, -0.05) is 295 Å². The Morgan fingerprint density at radius 1 is 0.269 bits per heavy atom. The molecular formula is C58H102BaO6S2. The summed E-state index contributed by atoms with van der Waals surface area (Å²) in [4.78, 5) is -0.268. The Labute approximate surface area is 456 Å². The molecule has 384 valence electrons. The second-order valence-corrected chi connectivity index (χ2v) is 22.6. The molecule has 0 aliphatic heterocycles. The van der Waals surface area contributed by atoms with Gasteiger partial charge in [0, 0.05) is 0 Å². The minimum absolute atomic E-state index is 0. The third-order valence-corrected chi connectivity index (χ3v) is 15.3. The van der Waals surface area contributed by atoms with E-state index in [2.05, 4.69) is 13.8 Å². The van der Waals surface area contributed by atoms with Gasteiger partial charge in [-0.3, -0.25) is 0 Å². The fourth-order valence-electron chi connectivity index (χ4n) is 9.17. The van der Waals surface area contributed by atoms with Crippen LogP contribution >= 0.6 is 0 Å². The van der Waals surface area contributed by atoms with Crippen molar-refractivity contribution in [3.8, 4) is 0 Å². The summed E-state index contributed by atoms with van der Waals surface area (Å²) < 4.78 is 65.7. The van der Waals surface area contributed by atoms with Crippen molar-refractivity contribution < 1.29 is 25.9 Å². The molecule has 67 heavy (non-hydrogen) atoms. The first-order chi connectivity index (χ1) is 32.1. The Balaban J connectivity index is 0.00000128. The summed E-state index contributed by atoms with van der Waals surface area (Å²) in [6.45, 7) is 4.57. The van der Waals surface area contributed by atoms with Crippen LogP contribution in [0.3, 0.4) is 0 Å². The largest absolute Gasteiger partial charge is 2.00 e. The molecule has 2 aromatic rings. The summed E-state index contributed by atoms with van der Waals surface area (Å²) >= 11 is 0. The predicted molar refractivity (Wildman–Crippen MR) is 287 cm³/mol. The van der Waals surface area contributed by atoms with E-state index in [-0.39, 0.29) is 58.7 Å². The standard InChI is InChI=1S/2C29H52O3S.Ba/c2*1-2-3-4-5-6-7-8-9-10-11-12-13-14-15-16-17-18-19-20-21-22-23-28-24-26-29(27-25-28)33(30,31)32;/h2*24-27H,2-23H2,1H3,(H,30,31,32);/q;;+2/p-2. The molecule has 0 saturated heterocycles. The number of unbranched alkanes of at least 4 members (excludes halogenated alkanes) is 40. The van der Waals surface area contributed by atoms with Gasteiger partial charge in [0.25, 0.3) is 0 Å². The molecule has 0 amide bonds. The molecule has 0 atom stereocenters. The van der Waals surface area contributed by atoms with Crippen LogP contribution in [0.15, 0.2) is 58.3 Å². The predicted octanol–water partition coefficient (Wildman–Crippen LogP) is 18.3. The molecule has 0 aromatic heterocycles. The molecule has 0 radical (unpaired) electrons. The van der Waals surface area contributed by atoms with Crippen LogP contribution in [0.1, 0.15) is 295 Å². The number of benzene rings is 2. The van der Waals surface area contributed by atoms with Crippen molar-refractivity contribution in [2.45, 2.75) is 306 Å². The Bertz CT molecular complexity index is 1430. The Kier molecular flexibility index (Phi) is 48.0. The molecule has 0 N–H and O–H groups in total. The maximum Gasteiger partial charge on any atom is 2.00 e. The molecule has 0 aliphatic carbocycles. The summed E-state index contributed by atoms with van der Waals surface area (Å²) in [5, 5.41) is 0. The van der Waals surface area contributed by atoms with Gasteiger partial charge in [-0.25, -0.2) is 16.8 Å². The summed E-state index contributed by atoms with van der Waals surface area (Å²) in [5.41, 5.74) is 2.22. The topological polar surface area (TPSA) is 114 Å². The van der Waals surface area contributed by atoms with Gasteiger partial charge < -0.3 is 9.11 Å². The van der Waals surface area contributed by atoms with Gasteiger partial charge in [0.1, 0.15) is 20.2 Å². The molecule has 0 aliphatic rings. The van der Waals surface area contributed by atoms with Gasteiger partial charge in [-0.15, -0.1) is 0 Å². The van der Waals surface area contributed by atoms with Crippen molar-refractivity contribution in [1.29, 1.82) is 0 Å². The zero-order valence-electron chi connectivity index (χ0n) is 43.7. The summed E-state index contributed by atoms with van der Waals surface area (Å²) in [6, 6.07) is 12.8. The van der Waals surface area contributed by atoms with E-state index < -0.39 is 20.2 Å². The molecule has 0 bridgehead atoms. The molecule has 0 heterocycles. The Morgan fingerprint density at radius 3 is 0.567 bits per heavy atom. The Morgan fingerprint density at radius 2 is 0.418 bits per heavy atom. The van der Waals surface area contributed by atoms with E-state index in [1.807, 2.05) is 0 Å². The normalized spacial score (nSPS) is 11.6. The number of hydrogen-bond acceptors (Lipinski definition) is 6. The molecule has 6 nitrogen and oxygen atoms in total. The number of hydrogen-bond donors (Lipinski definition) is 0. The van der Waals surface area contributed by atoms with Gasteiger partial charge in [0.05, 0.1) is 9.79 Å². The first kappa shape index (κ1) is 66.8. The van der Waals surface area contributed by atoms with Crippen molar-refractivity contribution in [2.75, 3.05) is 0 Å². The van der Waals surface area contributed by atoms with Crippen molar-refractivity contribution >= 4 is 69.1 Å². The van der Waals surface area contributed by atoms with E-state index >= 15 is 0 Å². The monoisotopic (exact) mass is 1100 g/mol. The SMILES string of the molecule is CCCCCCCCCCCCCCCCCCCCCCCc1ccc(S(=O)(=O)[O-])cc1.CCCCCCCCCCCCCCCCCCCCCCCc1ccc(S(=O)(=O)[O-])cc1.[Ba+2]. The molecule has 0 unspecified atom stereocenters. The van der Waals surface area contributed by atoms with Gasteiger partial charge in [-0.2, -0.15) is 0 Å². The fourth-order valence-corrected chi connectivity index (χ4v) is 10.1. The first-order valence-electron chi connectivity index (χ1n) is 28.2. The average Bonchev–Trinajstić information content (AvgIpc) is 3.30. The van der Waals surface area contributed by atoms with E-state index in [9.17, 15) is 25.9 Å². The van der Waals surface area contributed by atoms with Crippen LogP contribution in [-0.2, 0) is 33.1 Å². The fraction of sp³-hybridized carbons (Fsp3) is 0.793. The van der Waals surface area contributed by atoms with Crippen molar-refractivity contribution in [1.82, 2.24) is 0 Å². The van der Waals surface area contributed by atoms with E-state index in [0.29, 0.717) is 0 Å². The molecular weight excluding hydrogens is 994 g/mol. The maximum absolute atomic E-state index is 10.9. The van der Waals surface area contributed by atoms with Crippen LogP contribution in [0.5, 0.6) is 0 Å². The van der Waals surface area contributed by atoms with Gasteiger partial charge in [-0.05, 0) is 61.1 Å². The molecule has 2 rings (SSSR count).